The molecule has 1 atom stereocenters. The van der Waals surface area contributed by atoms with Crippen LogP contribution >= 0.6 is 23.2 Å². The third kappa shape index (κ3) is 4.48. The van der Waals surface area contributed by atoms with Crippen LogP contribution in [0.25, 0.3) is 0 Å². The quantitative estimate of drug-likeness (QED) is 0.905. The van der Waals surface area contributed by atoms with Crippen LogP contribution in [0, 0.1) is 0 Å². The van der Waals surface area contributed by atoms with Gasteiger partial charge in [0.2, 0.25) is 5.91 Å². The molecule has 0 saturated carbocycles. The van der Waals surface area contributed by atoms with Crippen molar-refractivity contribution >= 4 is 29.1 Å². The molecule has 0 saturated heterocycles. The fourth-order valence-electron chi connectivity index (χ4n) is 1.77. The number of nitrogens with two attached hydrogens (primary N) is 1. The van der Waals surface area contributed by atoms with E-state index in [9.17, 15) is 4.79 Å². The van der Waals surface area contributed by atoms with Gasteiger partial charge in [0.15, 0.2) is 0 Å². The summed E-state index contributed by atoms with van der Waals surface area (Å²) >= 11 is 11.8. The maximum atomic E-state index is 11.9. The lowest BCUT2D eigenvalue weighted by Gasteiger charge is -2.21. The van der Waals surface area contributed by atoms with Crippen LogP contribution in [0.3, 0.4) is 0 Å². The number of amides is 1. The van der Waals surface area contributed by atoms with Crippen molar-refractivity contribution in [1.82, 2.24) is 4.90 Å². The maximum absolute atomic E-state index is 11.9. The number of likely N-dealkylation sites (N-methyl/N-ethyl adjacent to an activating group) is 1. The fraction of sp³-hybridized carbons (Fsp3) is 0.462. The van der Waals surface area contributed by atoms with E-state index < -0.39 is 6.04 Å². The lowest BCUT2D eigenvalue weighted by Crippen LogP contribution is -2.41. The molecule has 3 nitrogen and oxygen atoms in total. The van der Waals surface area contributed by atoms with Crippen LogP contribution < -0.4 is 5.73 Å². The molecule has 1 aromatic rings. The molecule has 2 N–H and O–H groups in total. The Labute approximate surface area is 118 Å². The second-order valence-corrected chi connectivity index (χ2v) is 5.24. The summed E-state index contributed by atoms with van der Waals surface area (Å²) in [5, 5.41) is 1.13. The zero-order valence-corrected chi connectivity index (χ0v) is 12.1. The number of nitrogens with zero attached hydrogens (tertiary/aromatic N) is 1. The van der Waals surface area contributed by atoms with E-state index in [1.54, 1.807) is 30.1 Å². The lowest BCUT2D eigenvalue weighted by molar-refractivity contribution is -0.131. The van der Waals surface area contributed by atoms with Crippen LogP contribution in [-0.2, 0) is 11.3 Å². The van der Waals surface area contributed by atoms with E-state index in [0.29, 0.717) is 23.0 Å². The van der Waals surface area contributed by atoms with Crippen LogP contribution in [0.2, 0.25) is 10.0 Å². The number of carbonyl (C=O) groups is 1. The zero-order chi connectivity index (χ0) is 13.7. The second kappa shape index (κ2) is 6.98. The maximum Gasteiger partial charge on any atom is 0.239 e. The predicted octanol–water partition coefficient (Wildman–Crippen LogP) is 3.08. The first-order valence-corrected chi connectivity index (χ1v) is 6.65. The number of hydrogen-bond donors (Lipinski definition) is 1. The van der Waals surface area contributed by atoms with Gasteiger partial charge in [-0.2, -0.15) is 0 Å². The third-order valence-electron chi connectivity index (χ3n) is 2.64. The number of carbonyl (C=O) groups excluding carboxylic acids is 1. The van der Waals surface area contributed by atoms with E-state index in [2.05, 4.69) is 0 Å². The summed E-state index contributed by atoms with van der Waals surface area (Å²) in [5.41, 5.74) is 6.69. The molecule has 0 fully saturated rings. The van der Waals surface area contributed by atoms with Gasteiger partial charge in [0, 0.05) is 23.6 Å². The smallest absolute Gasteiger partial charge is 0.239 e. The largest absolute Gasteiger partial charge is 0.340 e. The first-order valence-electron chi connectivity index (χ1n) is 5.89. The predicted molar refractivity (Wildman–Crippen MR) is 75.8 cm³/mol. The lowest BCUT2D eigenvalue weighted by atomic mass is 10.1. The summed E-state index contributed by atoms with van der Waals surface area (Å²) in [6.45, 7) is 2.46. The highest BCUT2D eigenvalue weighted by atomic mass is 35.5. The van der Waals surface area contributed by atoms with Gasteiger partial charge in [0.05, 0.1) is 6.04 Å². The van der Waals surface area contributed by atoms with E-state index in [-0.39, 0.29) is 5.91 Å². The van der Waals surface area contributed by atoms with Gasteiger partial charge >= 0.3 is 0 Å². The molecule has 1 aromatic carbocycles. The second-order valence-electron chi connectivity index (χ2n) is 4.37. The Hall–Kier alpha value is -0.770. The Morgan fingerprint density at radius 3 is 2.39 bits per heavy atom. The van der Waals surface area contributed by atoms with Crippen molar-refractivity contribution < 1.29 is 4.79 Å². The summed E-state index contributed by atoms with van der Waals surface area (Å²) < 4.78 is 0. The molecule has 1 amide bonds. The molecule has 5 heteroatoms. The molecule has 0 aromatic heterocycles. The van der Waals surface area contributed by atoms with Crippen LogP contribution in [-0.4, -0.2) is 23.9 Å². The molecule has 0 radical (unpaired) electrons. The van der Waals surface area contributed by atoms with Crippen molar-refractivity contribution in [3.8, 4) is 0 Å². The molecule has 18 heavy (non-hydrogen) atoms. The Morgan fingerprint density at radius 2 is 1.89 bits per heavy atom. The molecular formula is C13H18Cl2N2O. The van der Waals surface area contributed by atoms with Crippen LogP contribution in [0.5, 0.6) is 0 Å². The molecule has 0 spiro atoms. The van der Waals surface area contributed by atoms with Crippen molar-refractivity contribution in [2.45, 2.75) is 32.4 Å². The van der Waals surface area contributed by atoms with Crippen molar-refractivity contribution in [3.05, 3.63) is 33.8 Å². The van der Waals surface area contributed by atoms with Gasteiger partial charge in [-0.15, -0.1) is 0 Å². The van der Waals surface area contributed by atoms with E-state index in [0.717, 1.165) is 12.0 Å². The van der Waals surface area contributed by atoms with Gasteiger partial charge < -0.3 is 10.6 Å². The SMILES string of the molecule is CCCC(N)C(=O)N(C)Cc1cc(Cl)cc(Cl)c1. The van der Waals surface area contributed by atoms with E-state index in [4.69, 9.17) is 28.9 Å². The highest BCUT2D eigenvalue weighted by Crippen LogP contribution is 2.20. The first-order chi connectivity index (χ1) is 8.43. The summed E-state index contributed by atoms with van der Waals surface area (Å²) in [6, 6.07) is 4.82. The Balaban J connectivity index is 2.69. The summed E-state index contributed by atoms with van der Waals surface area (Å²) in [4.78, 5) is 13.5. The highest BCUT2D eigenvalue weighted by Gasteiger charge is 2.17. The van der Waals surface area contributed by atoms with Gasteiger partial charge in [0.25, 0.3) is 0 Å². The summed E-state index contributed by atoms with van der Waals surface area (Å²) in [7, 11) is 1.73. The normalized spacial score (nSPS) is 12.3. The average molecular weight is 289 g/mol. The minimum atomic E-state index is -0.436. The highest BCUT2D eigenvalue weighted by molar-refractivity contribution is 6.34. The molecule has 0 aliphatic rings. The standard InChI is InChI=1S/C13H18Cl2N2O/c1-3-4-12(16)13(18)17(2)8-9-5-10(14)7-11(15)6-9/h5-7,12H,3-4,8,16H2,1-2H3. The van der Waals surface area contributed by atoms with E-state index in [1.807, 2.05) is 6.92 Å². The first kappa shape index (κ1) is 15.3. The van der Waals surface area contributed by atoms with Crippen LogP contribution in [0.4, 0.5) is 0 Å². The van der Waals surface area contributed by atoms with Crippen molar-refractivity contribution in [1.29, 1.82) is 0 Å². The van der Waals surface area contributed by atoms with Gasteiger partial charge in [-0.1, -0.05) is 36.5 Å². The molecule has 100 valence electrons. The minimum absolute atomic E-state index is 0.0621. The molecule has 1 rings (SSSR count). The molecule has 0 aliphatic heterocycles. The van der Waals surface area contributed by atoms with Crippen LogP contribution in [0.15, 0.2) is 18.2 Å². The third-order valence-corrected chi connectivity index (χ3v) is 3.07. The van der Waals surface area contributed by atoms with Gasteiger partial charge in [-0.25, -0.2) is 0 Å². The molecular weight excluding hydrogens is 271 g/mol. The Bertz CT molecular complexity index is 403. The summed E-state index contributed by atoms with van der Waals surface area (Å²) in [6.07, 6.45) is 1.59. The molecule has 0 aliphatic carbocycles. The van der Waals surface area contributed by atoms with Crippen molar-refractivity contribution in [2.24, 2.45) is 5.73 Å². The minimum Gasteiger partial charge on any atom is -0.340 e. The monoisotopic (exact) mass is 288 g/mol. The molecule has 0 heterocycles. The average Bonchev–Trinajstić information content (AvgIpc) is 2.26. The zero-order valence-electron chi connectivity index (χ0n) is 10.6. The number of rotatable bonds is 5. The van der Waals surface area contributed by atoms with Gasteiger partial charge in [-0.05, 0) is 30.2 Å². The Morgan fingerprint density at radius 1 is 1.33 bits per heavy atom. The van der Waals surface area contributed by atoms with Crippen molar-refractivity contribution in [2.75, 3.05) is 7.05 Å². The number of halogens is 2. The van der Waals surface area contributed by atoms with Crippen LogP contribution in [0.1, 0.15) is 25.3 Å². The summed E-state index contributed by atoms with van der Waals surface area (Å²) in [5.74, 6) is -0.0621. The van der Waals surface area contributed by atoms with Crippen molar-refractivity contribution in [3.63, 3.8) is 0 Å². The topological polar surface area (TPSA) is 46.3 Å². The number of benzene rings is 1. The fourth-order valence-corrected chi connectivity index (χ4v) is 2.34. The van der Waals surface area contributed by atoms with Gasteiger partial charge in [-0.3, -0.25) is 4.79 Å². The van der Waals surface area contributed by atoms with E-state index >= 15 is 0 Å². The van der Waals surface area contributed by atoms with Gasteiger partial charge in [0.1, 0.15) is 0 Å². The molecule has 1 unspecified atom stereocenters. The molecule has 0 bridgehead atoms. The number of hydrogen-bond acceptors (Lipinski definition) is 2. The Kier molecular flexibility index (Phi) is 5.93. The van der Waals surface area contributed by atoms with E-state index in [1.165, 1.54) is 0 Å².